The lowest BCUT2D eigenvalue weighted by Crippen LogP contribution is -2.32. The van der Waals surface area contributed by atoms with E-state index in [2.05, 4.69) is 4.72 Å². The first-order valence-electron chi connectivity index (χ1n) is 6.24. The average Bonchev–Trinajstić information content (AvgIpc) is 2.94. The minimum atomic E-state index is -3.54. The van der Waals surface area contributed by atoms with Crippen molar-refractivity contribution in [2.45, 2.75) is 24.2 Å². The van der Waals surface area contributed by atoms with Gasteiger partial charge in [-0.25, -0.2) is 13.1 Å². The van der Waals surface area contributed by atoms with Crippen molar-refractivity contribution < 1.29 is 18.3 Å². The number of hydrogen-bond acceptors (Lipinski definition) is 3. The standard InChI is InChI=1S/C12H18N2O4S/c1-14-6-5-10(8-14)19(17,18)13-7-9-3-2-4-11(9)12(15)16/h5-6,8-9,11,13H,2-4,7H2,1H3,(H,15,16). The predicted molar refractivity (Wildman–Crippen MR) is 69.1 cm³/mol. The molecule has 1 fully saturated rings. The van der Waals surface area contributed by atoms with E-state index >= 15 is 0 Å². The van der Waals surface area contributed by atoms with Gasteiger partial charge in [-0.05, 0) is 24.8 Å². The fourth-order valence-electron chi connectivity index (χ4n) is 2.54. The van der Waals surface area contributed by atoms with Gasteiger partial charge in [-0.1, -0.05) is 6.42 Å². The number of carboxylic acids is 1. The molecule has 0 aliphatic heterocycles. The van der Waals surface area contributed by atoms with Crippen LogP contribution >= 0.6 is 0 Å². The zero-order valence-corrected chi connectivity index (χ0v) is 11.6. The maximum absolute atomic E-state index is 12.0. The molecule has 2 atom stereocenters. The lowest BCUT2D eigenvalue weighted by Gasteiger charge is -2.16. The van der Waals surface area contributed by atoms with Gasteiger partial charge < -0.3 is 9.67 Å². The van der Waals surface area contributed by atoms with Crippen molar-refractivity contribution >= 4 is 16.0 Å². The zero-order chi connectivity index (χ0) is 14.0. The van der Waals surface area contributed by atoms with E-state index in [0.717, 1.165) is 12.8 Å². The molecule has 1 aliphatic rings. The number of sulfonamides is 1. The van der Waals surface area contributed by atoms with Gasteiger partial charge in [0.25, 0.3) is 0 Å². The van der Waals surface area contributed by atoms with Crippen LogP contribution in [0.1, 0.15) is 19.3 Å². The highest BCUT2D eigenvalue weighted by molar-refractivity contribution is 7.89. The molecule has 1 aromatic rings. The van der Waals surface area contributed by atoms with Gasteiger partial charge in [0.1, 0.15) is 0 Å². The Kier molecular flexibility index (Phi) is 3.96. The average molecular weight is 286 g/mol. The molecule has 0 saturated heterocycles. The molecule has 0 bridgehead atoms. The Bertz CT molecular complexity index is 564. The normalized spacial score (nSPS) is 23.6. The fraction of sp³-hybridized carbons (Fsp3) is 0.583. The lowest BCUT2D eigenvalue weighted by molar-refractivity contribution is -0.142. The van der Waals surface area contributed by atoms with Crippen LogP contribution in [0.3, 0.4) is 0 Å². The van der Waals surface area contributed by atoms with Crippen LogP contribution in [0.25, 0.3) is 0 Å². The molecule has 6 nitrogen and oxygen atoms in total. The summed E-state index contributed by atoms with van der Waals surface area (Å²) in [5.41, 5.74) is 0. The van der Waals surface area contributed by atoms with E-state index in [1.54, 1.807) is 17.8 Å². The lowest BCUT2D eigenvalue weighted by atomic mass is 9.97. The van der Waals surface area contributed by atoms with Crippen LogP contribution in [-0.4, -0.2) is 30.6 Å². The number of aliphatic carboxylic acids is 1. The van der Waals surface area contributed by atoms with Crippen LogP contribution in [0.15, 0.2) is 23.4 Å². The van der Waals surface area contributed by atoms with Crippen molar-refractivity contribution in [1.82, 2.24) is 9.29 Å². The SMILES string of the molecule is Cn1ccc(S(=O)(=O)NCC2CCCC2C(=O)O)c1. The monoisotopic (exact) mass is 286 g/mol. The van der Waals surface area contributed by atoms with Crippen molar-refractivity contribution in [3.63, 3.8) is 0 Å². The fourth-order valence-corrected chi connectivity index (χ4v) is 3.69. The Hall–Kier alpha value is -1.34. The van der Waals surface area contributed by atoms with Gasteiger partial charge in [0.05, 0.1) is 10.8 Å². The molecule has 0 spiro atoms. The molecule has 2 unspecified atom stereocenters. The quantitative estimate of drug-likeness (QED) is 0.838. The molecule has 2 N–H and O–H groups in total. The van der Waals surface area contributed by atoms with E-state index in [1.165, 1.54) is 12.3 Å². The summed E-state index contributed by atoms with van der Waals surface area (Å²) in [6.07, 6.45) is 5.41. The zero-order valence-electron chi connectivity index (χ0n) is 10.7. The number of rotatable bonds is 5. The highest BCUT2D eigenvalue weighted by Gasteiger charge is 2.33. The number of carboxylic acid groups (broad SMARTS) is 1. The molecular weight excluding hydrogens is 268 g/mol. The maximum atomic E-state index is 12.0. The molecule has 0 radical (unpaired) electrons. The van der Waals surface area contributed by atoms with Crippen LogP contribution in [0.5, 0.6) is 0 Å². The Balaban J connectivity index is 2.00. The summed E-state index contributed by atoms with van der Waals surface area (Å²) in [5, 5.41) is 9.05. The van der Waals surface area contributed by atoms with Gasteiger partial charge in [-0.15, -0.1) is 0 Å². The van der Waals surface area contributed by atoms with Crippen LogP contribution in [-0.2, 0) is 21.9 Å². The summed E-state index contributed by atoms with van der Waals surface area (Å²) in [4.78, 5) is 11.2. The van der Waals surface area contributed by atoms with Crippen molar-refractivity contribution in [2.24, 2.45) is 18.9 Å². The van der Waals surface area contributed by atoms with Crippen LogP contribution in [0.4, 0.5) is 0 Å². The molecule has 106 valence electrons. The molecule has 19 heavy (non-hydrogen) atoms. The summed E-state index contributed by atoms with van der Waals surface area (Å²) < 4.78 is 28.2. The summed E-state index contributed by atoms with van der Waals surface area (Å²) in [6, 6.07) is 1.52. The molecular formula is C12H18N2O4S. The van der Waals surface area contributed by atoms with Gasteiger partial charge in [0.2, 0.25) is 10.0 Å². The molecule has 1 saturated carbocycles. The molecule has 1 heterocycles. The minimum Gasteiger partial charge on any atom is -0.481 e. The summed E-state index contributed by atoms with van der Waals surface area (Å²) in [6.45, 7) is 0.189. The van der Waals surface area contributed by atoms with E-state index < -0.39 is 21.9 Å². The molecule has 0 amide bonds. The molecule has 1 aliphatic carbocycles. The van der Waals surface area contributed by atoms with E-state index in [1.807, 2.05) is 0 Å². The van der Waals surface area contributed by atoms with Crippen LogP contribution in [0, 0.1) is 11.8 Å². The van der Waals surface area contributed by atoms with Gasteiger partial charge in [-0.2, -0.15) is 0 Å². The minimum absolute atomic E-state index is 0.115. The number of aryl methyl sites for hydroxylation is 1. The Labute approximate surface area is 112 Å². The van der Waals surface area contributed by atoms with Crippen molar-refractivity contribution in [3.05, 3.63) is 18.5 Å². The third-order valence-electron chi connectivity index (χ3n) is 3.63. The molecule has 0 aromatic carbocycles. The largest absolute Gasteiger partial charge is 0.481 e. The van der Waals surface area contributed by atoms with E-state index in [4.69, 9.17) is 5.11 Å². The van der Waals surface area contributed by atoms with Crippen molar-refractivity contribution in [3.8, 4) is 0 Å². The van der Waals surface area contributed by atoms with Gasteiger partial charge >= 0.3 is 5.97 Å². The van der Waals surface area contributed by atoms with Gasteiger partial charge in [-0.3, -0.25) is 4.79 Å². The summed E-state index contributed by atoms with van der Waals surface area (Å²) in [5.74, 6) is -1.38. The van der Waals surface area contributed by atoms with Crippen LogP contribution in [0.2, 0.25) is 0 Å². The van der Waals surface area contributed by atoms with E-state index in [9.17, 15) is 13.2 Å². The number of nitrogens with one attached hydrogen (secondary N) is 1. The number of hydrogen-bond donors (Lipinski definition) is 2. The first kappa shape index (κ1) is 14.1. The first-order valence-corrected chi connectivity index (χ1v) is 7.73. The highest BCUT2D eigenvalue weighted by atomic mass is 32.2. The number of carbonyl (C=O) groups is 1. The van der Waals surface area contributed by atoms with Crippen molar-refractivity contribution in [2.75, 3.05) is 6.54 Å². The Morgan fingerprint density at radius 3 is 2.84 bits per heavy atom. The second-order valence-corrected chi connectivity index (χ2v) is 6.77. The smallest absolute Gasteiger partial charge is 0.306 e. The Morgan fingerprint density at radius 1 is 1.53 bits per heavy atom. The number of aromatic nitrogens is 1. The summed E-state index contributed by atoms with van der Waals surface area (Å²) >= 11 is 0. The Morgan fingerprint density at radius 2 is 2.26 bits per heavy atom. The molecule has 7 heteroatoms. The third-order valence-corrected chi connectivity index (χ3v) is 5.04. The van der Waals surface area contributed by atoms with E-state index in [-0.39, 0.29) is 17.4 Å². The third kappa shape index (κ3) is 3.16. The second-order valence-electron chi connectivity index (χ2n) is 5.00. The molecule has 2 rings (SSSR count). The topological polar surface area (TPSA) is 88.4 Å². The maximum Gasteiger partial charge on any atom is 0.306 e. The van der Waals surface area contributed by atoms with Gasteiger partial charge in [0, 0.05) is 26.0 Å². The predicted octanol–water partition coefficient (Wildman–Crippen LogP) is 0.804. The second kappa shape index (κ2) is 5.34. The highest BCUT2D eigenvalue weighted by Crippen LogP contribution is 2.31. The first-order chi connectivity index (χ1) is 8.90. The van der Waals surface area contributed by atoms with Gasteiger partial charge in [0.15, 0.2) is 0 Å². The molecule has 1 aromatic heterocycles. The van der Waals surface area contributed by atoms with E-state index in [0.29, 0.717) is 6.42 Å². The number of nitrogens with zero attached hydrogens (tertiary/aromatic N) is 1. The summed E-state index contributed by atoms with van der Waals surface area (Å²) in [7, 11) is -1.79. The van der Waals surface area contributed by atoms with Crippen molar-refractivity contribution in [1.29, 1.82) is 0 Å². The van der Waals surface area contributed by atoms with Crippen LogP contribution < -0.4 is 4.72 Å².